The molecule has 2 aromatic rings. The first kappa shape index (κ1) is 16.9. The van der Waals surface area contributed by atoms with Gasteiger partial charge in [0.1, 0.15) is 5.75 Å². The van der Waals surface area contributed by atoms with Crippen LogP contribution >= 0.6 is 0 Å². The summed E-state index contributed by atoms with van der Waals surface area (Å²) in [5, 5.41) is 6.13. The largest absolute Gasteiger partial charge is 0.497 e. The predicted octanol–water partition coefficient (Wildman–Crippen LogP) is 4.26. The lowest BCUT2D eigenvalue weighted by atomic mass is 10.0. The van der Waals surface area contributed by atoms with Crippen molar-refractivity contribution in [1.29, 1.82) is 0 Å². The number of methoxy groups -OCH3 is 1. The minimum Gasteiger partial charge on any atom is -0.497 e. The molecule has 0 fully saturated rings. The first-order valence-corrected chi connectivity index (χ1v) is 7.86. The number of carbonyl (C=O) groups is 1. The van der Waals surface area contributed by atoms with Crippen LogP contribution in [0.1, 0.15) is 31.7 Å². The second-order valence-corrected chi connectivity index (χ2v) is 5.73. The fourth-order valence-corrected chi connectivity index (χ4v) is 2.23. The lowest BCUT2D eigenvalue weighted by Crippen LogP contribution is -2.16. The Morgan fingerprint density at radius 3 is 2.48 bits per heavy atom. The molecule has 4 nitrogen and oxygen atoms in total. The van der Waals surface area contributed by atoms with Crippen molar-refractivity contribution >= 4 is 17.3 Å². The Labute approximate surface area is 137 Å². The summed E-state index contributed by atoms with van der Waals surface area (Å²) in [6.07, 6.45) is 0.406. The van der Waals surface area contributed by atoms with E-state index in [-0.39, 0.29) is 5.91 Å². The molecule has 0 heterocycles. The average Bonchev–Trinajstić information content (AvgIpc) is 2.55. The van der Waals surface area contributed by atoms with Crippen LogP contribution in [-0.2, 0) is 4.79 Å². The van der Waals surface area contributed by atoms with E-state index in [4.69, 9.17) is 4.74 Å². The topological polar surface area (TPSA) is 50.4 Å². The van der Waals surface area contributed by atoms with Gasteiger partial charge in [-0.3, -0.25) is 4.79 Å². The molecule has 122 valence electrons. The van der Waals surface area contributed by atoms with Crippen LogP contribution in [0.5, 0.6) is 5.75 Å². The molecule has 0 atom stereocenters. The Morgan fingerprint density at radius 1 is 1.09 bits per heavy atom. The molecule has 0 aliphatic heterocycles. The number of amides is 1. The average molecular weight is 312 g/mol. The number of rotatable bonds is 7. The minimum absolute atomic E-state index is 0.0236. The zero-order chi connectivity index (χ0) is 16.7. The summed E-state index contributed by atoms with van der Waals surface area (Å²) in [4.78, 5) is 12.0. The SMILES string of the molecule is COc1cccc(NC(=O)CCNc2ccc(C(C)C)cc2)c1. The van der Waals surface area contributed by atoms with Crippen LogP contribution in [-0.4, -0.2) is 19.6 Å². The Balaban J connectivity index is 1.78. The molecule has 4 heteroatoms. The van der Waals surface area contributed by atoms with Crippen LogP contribution in [0, 0.1) is 0 Å². The molecular formula is C19H24N2O2. The normalized spacial score (nSPS) is 10.4. The van der Waals surface area contributed by atoms with E-state index in [0.717, 1.165) is 17.1 Å². The van der Waals surface area contributed by atoms with E-state index < -0.39 is 0 Å². The summed E-state index contributed by atoms with van der Waals surface area (Å²) in [5.41, 5.74) is 3.09. The highest BCUT2D eigenvalue weighted by Gasteiger charge is 2.04. The molecule has 0 bridgehead atoms. The van der Waals surface area contributed by atoms with Crippen molar-refractivity contribution in [2.45, 2.75) is 26.2 Å². The van der Waals surface area contributed by atoms with Crippen LogP contribution in [0.2, 0.25) is 0 Å². The third kappa shape index (κ3) is 5.33. The number of hydrogen-bond acceptors (Lipinski definition) is 3. The molecule has 0 spiro atoms. The van der Waals surface area contributed by atoms with Gasteiger partial charge in [0.25, 0.3) is 0 Å². The molecular weight excluding hydrogens is 288 g/mol. The molecule has 0 unspecified atom stereocenters. The Morgan fingerprint density at radius 2 is 1.83 bits per heavy atom. The standard InChI is InChI=1S/C19H24N2O2/c1-14(2)15-7-9-16(10-8-15)20-12-11-19(22)21-17-5-4-6-18(13-17)23-3/h4-10,13-14,20H,11-12H2,1-3H3,(H,21,22). The molecule has 23 heavy (non-hydrogen) atoms. The van der Waals surface area contributed by atoms with Crippen molar-refractivity contribution in [1.82, 2.24) is 0 Å². The number of nitrogens with one attached hydrogen (secondary N) is 2. The van der Waals surface area contributed by atoms with Gasteiger partial charge in [0, 0.05) is 30.4 Å². The van der Waals surface area contributed by atoms with E-state index in [1.807, 2.05) is 18.2 Å². The molecule has 0 saturated carbocycles. The van der Waals surface area contributed by atoms with Crippen molar-refractivity contribution in [3.63, 3.8) is 0 Å². The number of anilines is 2. The van der Waals surface area contributed by atoms with Crippen LogP contribution in [0.15, 0.2) is 48.5 Å². The summed E-state index contributed by atoms with van der Waals surface area (Å²) >= 11 is 0. The van der Waals surface area contributed by atoms with Gasteiger partial charge in [-0.15, -0.1) is 0 Å². The summed E-state index contributed by atoms with van der Waals surface area (Å²) in [5.74, 6) is 1.23. The number of carbonyl (C=O) groups excluding carboxylic acids is 1. The van der Waals surface area contributed by atoms with E-state index in [2.05, 4.69) is 48.7 Å². The molecule has 0 aliphatic rings. The van der Waals surface area contributed by atoms with Gasteiger partial charge in [0.15, 0.2) is 0 Å². The van der Waals surface area contributed by atoms with Crippen LogP contribution in [0.4, 0.5) is 11.4 Å². The lowest BCUT2D eigenvalue weighted by Gasteiger charge is -2.10. The highest BCUT2D eigenvalue weighted by atomic mass is 16.5. The van der Waals surface area contributed by atoms with Crippen LogP contribution in [0.25, 0.3) is 0 Å². The maximum Gasteiger partial charge on any atom is 0.226 e. The number of ether oxygens (including phenoxy) is 1. The third-order valence-corrected chi connectivity index (χ3v) is 3.61. The molecule has 0 aliphatic carbocycles. The van der Waals surface area contributed by atoms with Gasteiger partial charge in [0.05, 0.1) is 7.11 Å². The summed E-state index contributed by atoms with van der Waals surface area (Å²) in [6.45, 7) is 4.94. The van der Waals surface area contributed by atoms with Gasteiger partial charge >= 0.3 is 0 Å². The summed E-state index contributed by atoms with van der Waals surface area (Å²) in [7, 11) is 1.61. The van der Waals surface area contributed by atoms with Crippen molar-refractivity contribution < 1.29 is 9.53 Å². The molecule has 1 amide bonds. The number of hydrogen-bond donors (Lipinski definition) is 2. The van der Waals surface area contributed by atoms with E-state index in [0.29, 0.717) is 18.9 Å². The lowest BCUT2D eigenvalue weighted by molar-refractivity contribution is -0.115. The van der Waals surface area contributed by atoms with Crippen LogP contribution < -0.4 is 15.4 Å². The Kier molecular flexibility index (Phi) is 6.03. The highest BCUT2D eigenvalue weighted by Crippen LogP contribution is 2.18. The monoisotopic (exact) mass is 312 g/mol. The fraction of sp³-hybridized carbons (Fsp3) is 0.316. The van der Waals surface area contributed by atoms with Gasteiger partial charge in [-0.25, -0.2) is 0 Å². The number of benzene rings is 2. The van der Waals surface area contributed by atoms with Crippen molar-refractivity contribution in [2.24, 2.45) is 0 Å². The maximum atomic E-state index is 12.0. The van der Waals surface area contributed by atoms with Crippen molar-refractivity contribution in [3.05, 3.63) is 54.1 Å². The zero-order valence-electron chi connectivity index (χ0n) is 13.9. The summed E-state index contributed by atoms with van der Waals surface area (Å²) in [6, 6.07) is 15.7. The first-order valence-electron chi connectivity index (χ1n) is 7.86. The van der Waals surface area contributed by atoms with Crippen LogP contribution in [0.3, 0.4) is 0 Å². The molecule has 2 aromatic carbocycles. The molecule has 0 saturated heterocycles. The Hall–Kier alpha value is -2.49. The highest BCUT2D eigenvalue weighted by molar-refractivity contribution is 5.91. The maximum absolute atomic E-state index is 12.0. The molecule has 0 radical (unpaired) electrons. The smallest absolute Gasteiger partial charge is 0.226 e. The van der Waals surface area contributed by atoms with E-state index in [1.54, 1.807) is 13.2 Å². The molecule has 0 aromatic heterocycles. The van der Waals surface area contributed by atoms with Gasteiger partial charge in [-0.1, -0.05) is 32.0 Å². The second-order valence-electron chi connectivity index (χ2n) is 5.73. The molecule has 2 rings (SSSR count). The molecule has 2 N–H and O–H groups in total. The predicted molar refractivity (Wildman–Crippen MR) is 95.3 cm³/mol. The van der Waals surface area contributed by atoms with E-state index >= 15 is 0 Å². The zero-order valence-corrected chi connectivity index (χ0v) is 13.9. The second kappa shape index (κ2) is 8.22. The van der Waals surface area contributed by atoms with Gasteiger partial charge < -0.3 is 15.4 Å². The van der Waals surface area contributed by atoms with Crippen molar-refractivity contribution in [3.8, 4) is 5.75 Å². The fourth-order valence-electron chi connectivity index (χ4n) is 2.23. The van der Waals surface area contributed by atoms with E-state index in [9.17, 15) is 4.79 Å². The van der Waals surface area contributed by atoms with Gasteiger partial charge in [-0.05, 0) is 35.7 Å². The minimum atomic E-state index is -0.0236. The van der Waals surface area contributed by atoms with Gasteiger partial charge in [0.2, 0.25) is 5.91 Å². The Bertz CT molecular complexity index is 636. The van der Waals surface area contributed by atoms with E-state index in [1.165, 1.54) is 5.56 Å². The summed E-state index contributed by atoms with van der Waals surface area (Å²) < 4.78 is 5.14. The quantitative estimate of drug-likeness (QED) is 0.803. The third-order valence-electron chi connectivity index (χ3n) is 3.61. The first-order chi connectivity index (χ1) is 11.1. The van der Waals surface area contributed by atoms with Crippen molar-refractivity contribution in [2.75, 3.05) is 24.3 Å². The van der Waals surface area contributed by atoms with Gasteiger partial charge in [-0.2, -0.15) is 0 Å².